The number of anilines is 1. The summed E-state index contributed by atoms with van der Waals surface area (Å²) in [6.45, 7) is 3.24. The van der Waals surface area contributed by atoms with E-state index < -0.39 is 38.6 Å². The van der Waals surface area contributed by atoms with Gasteiger partial charge < -0.3 is 15.8 Å². The molecule has 1 aromatic heterocycles. The van der Waals surface area contributed by atoms with E-state index in [2.05, 4.69) is 20.3 Å². The van der Waals surface area contributed by atoms with E-state index in [1.54, 1.807) is 19.9 Å². The Morgan fingerprint density at radius 3 is 2.54 bits per heavy atom. The van der Waals surface area contributed by atoms with E-state index in [9.17, 15) is 17.8 Å². The standard InChI is InChI=1S/C24H23F2N5O3S/c1-23(13-35(33)24(2,22(27)31-23)14-5-4-6-15(25)9-14)17-10-16(7-8-18(17)26)30-21(32)19-11-29-20(34-3)12-28-19/h4-12H,13H2,1-3H3,(H2,27,31)(H,30,32)/t23-,24+,35?/m0/s1. The summed E-state index contributed by atoms with van der Waals surface area (Å²) in [4.78, 5) is 25.0. The molecular weight excluding hydrogens is 476 g/mol. The van der Waals surface area contributed by atoms with Crippen LogP contribution in [0.2, 0.25) is 0 Å². The van der Waals surface area contributed by atoms with E-state index in [0.717, 1.165) is 0 Å². The van der Waals surface area contributed by atoms with Gasteiger partial charge in [-0.05, 0) is 49.7 Å². The van der Waals surface area contributed by atoms with Gasteiger partial charge in [0.15, 0.2) is 0 Å². The van der Waals surface area contributed by atoms with E-state index in [0.29, 0.717) is 5.56 Å². The molecule has 4 rings (SSSR count). The molecule has 3 N–H and O–H groups in total. The number of aliphatic imine (C=N–C) groups is 1. The first-order chi connectivity index (χ1) is 16.6. The molecule has 0 aliphatic carbocycles. The van der Waals surface area contributed by atoms with Crippen LogP contribution < -0.4 is 15.8 Å². The van der Waals surface area contributed by atoms with E-state index in [-0.39, 0.29) is 34.4 Å². The molecule has 0 saturated carbocycles. The van der Waals surface area contributed by atoms with Gasteiger partial charge in [0.2, 0.25) is 5.88 Å². The molecule has 0 fully saturated rings. The molecular formula is C24H23F2N5O3S. The molecule has 2 aromatic carbocycles. The zero-order valence-corrected chi connectivity index (χ0v) is 20.0. The number of rotatable bonds is 5. The number of carbonyl (C=O) groups excluding carboxylic acids is 1. The molecule has 0 spiro atoms. The Balaban J connectivity index is 1.67. The minimum Gasteiger partial charge on any atom is -0.480 e. The summed E-state index contributed by atoms with van der Waals surface area (Å²) in [6.07, 6.45) is 2.55. The second-order valence-corrected chi connectivity index (χ2v) is 10.2. The molecule has 35 heavy (non-hydrogen) atoms. The Hall–Kier alpha value is -3.73. The summed E-state index contributed by atoms with van der Waals surface area (Å²) in [5.41, 5.74) is 5.84. The fourth-order valence-electron chi connectivity index (χ4n) is 3.87. The number of nitrogens with one attached hydrogen (secondary N) is 1. The second kappa shape index (κ2) is 9.14. The maximum absolute atomic E-state index is 15.0. The molecule has 1 unspecified atom stereocenters. The van der Waals surface area contributed by atoms with Crippen molar-refractivity contribution in [3.05, 3.63) is 83.3 Å². The van der Waals surface area contributed by atoms with E-state index in [1.165, 1.54) is 55.9 Å². The molecule has 1 amide bonds. The molecule has 0 bridgehead atoms. The lowest BCUT2D eigenvalue weighted by Crippen LogP contribution is -2.52. The smallest absolute Gasteiger partial charge is 0.275 e. The third kappa shape index (κ3) is 4.51. The van der Waals surface area contributed by atoms with Crippen molar-refractivity contribution in [1.82, 2.24) is 9.97 Å². The lowest BCUT2D eigenvalue weighted by atomic mass is 9.91. The third-order valence-electron chi connectivity index (χ3n) is 5.97. The Morgan fingerprint density at radius 1 is 1.14 bits per heavy atom. The Morgan fingerprint density at radius 2 is 1.91 bits per heavy atom. The first-order valence-corrected chi connectivity index (χ1v) is 11.9. The quantitative estimate of drug-likeness (QED) is 0.556. The van der Waals surface area contributed by atoms with Gasteiger partial charge in [-0.3, -0.25) is 14.0 Å². The molecule has 3 aromatic rings. The van der Waals surface area contributed by atoms with Crippen molar-refractivity contribution in [3.63, 3.8) is 0 Å². The van der Waals surface area contributed by atoms with Crippen LogP contribution in [0.5, 0.6) is 5.88 Å². The van der Waals surface area contributed by atoms with Crippen LogP contribution in [-0.4, -0.2) is 38.8 Å². The highest BCUT2D eigenvalue weighted by Gasteiger charge is 2.48. The zero-order valence-electron chi connectivity index (χ0n) is 19.2. The number of hydrogen-bond donors (Lipinski definition) is 2. The van der Waals surface area contributed by atoms with E-state index >= 15 is 0 Å². The van der Waals surface area contributed by atoms with Gasteiger partial charge in [0.1, 0.15) is 27.9 Å². The van der Waals surface area contributed by atoms with Gasteiger partial charge in [-0.1, -0.05) is 12.1 Å². The largest absolute Gasteiger partial charge is 0.480 e. The molecule has 11 heteroatoms. The molecule has 1 aliphatic rings. The maximum Gasteiger partial charge on any atom is 0.275 e. The zero-order chi connectivity index (χ0) is 25.4. The minimum atomic E-state index is -1.67. The summed E-state index contributed by atoms with van der Waals surface area (Å²) in [7, 11) is -0.239. The predicted molar refractivity (Wildman–Crippen MR) is 129 cm³/mol. The summed E-state index contributed by atoms with van der Waals surface area (Å²) >= 11 is 0. The van der Waals surface area contributed by atoms with Gasteiger partial charge in [-0.15, -0.1) is 0 Å². The molecule has 3 atom stereocenters. The second-order valence-electron chi connectivity index (χ2n) is 8.40. The predicted octanol–water partition coefficient (Wildman–Crippen LogP) is 3.27. The van der Waals surface area contributed by atoms with Crippen molar-refractivity contribution in [3.8, 4) is 5.88 Å². The van der Waals surface area contributed by atoms with Crippen molar-refractivity contribution in [2.24, 2.45) is 10.7 Å². The number of ether oxygens (including phenoxy) is 1. The molecule has 0 saturated heterocycles. The van der Waals surface area contributed by atoms with Crippen LogP contribution in [-0.2, 0) is 21.1 Å². The highest BCUT2D eigenvalue weighted by atomic mass is 32.2. The van der Waals surface area contributed by atoms with Gasteiger partial charge in [-0.25, -0.2) is 18.7 Å². The Bertz CT molecular complexity index is 1350. The summed E-state index contributed by atoms with van der Waals surface area (Å²) in [6, 6.07) is 9.68. The number of methoxy groups -OCH3 is 1. The average Bonchev–Trinajstić information content (AvgIpc) is 2.83. The number of halogens is 2. The van der Waals surface area contributed by atoms with Gasteiger partial charge in [0.25, 0.3) is 5.91 Å². The number of nitrogens with two attached hydrogens (primary N) is 1. The van der Waals surface area contributed by atoms with Crippen molar-refractivity contribution in [1.29, 1.82) is 0 Å². The summed E-state index contributed by atoms with van der Waals surface area (Å²) < 4.78 is 45.9. The SMILES string of the molecule is COc1cnc(C(=O)Nc2ccc(F)c([C@]3(C)CS(=O)[C@](C)(c4cccc(F)c4)C(N)=N3)c2)cn1. The fourth-order valence-corrected chi connectivity index (χ4v) is 5.56. The van der Waals surface area contributed by atoms with Crippen LogP contribution in [0.1, 0.15) is 35.5 Å². The highest BCUT2D eigenvalue weighted by molar-refractivity contribution is 7.87. The molecule has 0 radical (unpaired) electrons. The molecule has 8 nitrogen and oxygen atoms in total. The van der Waals surface area contributed by atoms with Crippen LogP contribution in [0.15, 0.2) is 59.9 Å². The number of amidine groups is 1. The lowest BCUT2D eigenvalue weighted by Gasteiger charge is -2.39. The van der Waals surface area contributed by atoms with Crippen LogP contribution >= 0.6 is 0 Å². The number of amides is 1. The molecule has 1 aliphatic heterocycles. The highest BCUT2D eigenvalue weighted by Crippen LogP contribution is 2.41. The van der Waals surface area contributed by atoms with Crippen LogP contribution in [0, 0.1) is 11.6 Å². The topological polar surface area (TPSA) is 120 Å². The number of nitrogens with zero attached hydrogens (tertiary/aromatic N) is 3. The van der Waals surface area contributed by atoms with Gasteiger partial charge in [0.05, 0.1) is 30.8 Å². The fraction of sp³-hybridized carbons (Fsp3) is 0.250. The molecule has 182 valence electrons. The summed E-state index contributed by atoms with van der Waals surface area (Å²) in [5, 5.41) is 2.64. The van der Waals surface area contributed by atoms with Crippen molar-refractivity contribution in [2.75, 3.05) is 18.2 Å². The van der Waals surface area contributed by atoms with Crippen LogP contribution in [0.4, 0.5) is 14.5 Å². The first-order valence-electron chi connectivity index (χ1n) is 10.5. The number of aromatic nitrogens is 2. The maximum atomic E-state index is 15.0. The van der Waals surface area contributed by atoms with Gasteiger partial charge >= 0.3 is 0 Å². The monoisotopic (exact) mass is 499 g/mol. The number of benzene rings is 2. The van der Waals surface area contributed by atoms with Crippen molar-refractivity contribution in [2.45, 2.75) is 24.1 Å². The average molecular weight is 500 g/mol. The Kier molecular flexibility index (Phi) is 6.37. The first kappa shape index (κ1) is 24.4. The summed E-state index contributed by atoms with van der Waals surface area (Å²) in [5.74, 6) is -1.46. The van der Waals surface area contributed by atoms with Crippen LogP contribution in [0.3, 0.4) is 0 Å². The van der Waals surface area contributed by atoms with Crippen molar-refractivity contribution < 1.29 is 22.5 Å². The lowest BCUT2D eigenvalue weighted by molar-refractivity contribution is 0.102. The van der Waals surface area contributed by atoms with E-state index in [1.807, 2.05) is 0 Å². The van der Waals surface area contributed by atoms with Gasteiger partial charge in [-0.2, -0.15) is 0 Å². The minimum absolute atomic E-state index is 0.00229. The normalized spacial score (nSPS) is 23.9. The number of hydrogen-bond acceptors (Lipinski definition) is 7. The Labute approximate surface area is 203 Å². The van der Waals surface area contributed by atoms with Crippen molar-refractivity contribution >= 4 is 28.2 Å². The van der Waals surface area contributed by atoms with Crippen LogP contribution in [0.25, 0.3) is 0 Å². The number of carbonyl (C=O) groups is 1. The molecule has 2 heterocycles. The van der Waals surface area contributed by atoms with Gasteiger partial charge in [0, 0.05) is 22.1 Å². The van der Waals surface area contributed by atoms with E-state index in [4.69, 9.17) is 10.5 Å². The third-order valence-corrected chi connectivity index (χ3v) is 8.15.